The number of benzene rings is 2. The normalized spacial score (nSPS) is 15.2. The fraction of sp³-hybridized carbons (Fsp3) is 0.318. The van der Waals surface area contributed by atoms with Crippen molar-refractivity contribution in [3.8, 4) is 11.1 Å². The molecule has 2 aromatic carbocycles. The molecule has 1 saturated heterocycles. The molecule has 3 aromatic rings. The van der Waals surface area contributed by atoms with Crippen LogP contribution in [0.3, 0.4) is 0 Å². The van der Waals surface area contributed by atoms with Gasteiger partial charge < -0.3 is 4.90 Å². The first-order valence-corrected chi connectivity index (χ1v) is 9.48. The third-order valence-corrected chi connectivity index (χ3v) is 5.28. The summed E-state index contributed by atoms with van der Waals surface area (Å²) in [5.74, 6) is 0. The fourth-order valence-corrected chi connectivity index (χ4v) is 3.86. The van der Waals surface area contributed by atoms with Gasteiger partial charge in [0.05, 0.1) is 16.6 Å². The van der Waals surface area contributed by atoms with E-state index in [4.69, 9.17) is 0 Å². The Kier molecular flexibility index (Phi) is 4.91. The van der Waals surface area contributed by atoms with Crippen LogP contribution in [0.5, 0.6) is 0 Å². The molecule has 4 rings (SSSR count). The molecule has 2 nitrogen and oxygen atoms in total. The van der Waals surface area contributed by atoms with Crippen molar-refractivity contribution in [2.45, 2.75) is 32.1 Å². The fourth-order valence-electron chi connectivity index (χ4n) is 3.86. The summed E-state index contributed by atoms with van der Waals surface area (Å²) in [6.07, 6.45) is -7.62. The Morgan fingerprint density at radius 2 is 1.37 bits per heavy atom. The second kappa shape index (κ2) is 7.18. The Labute approximate surface area is 169 Å². The Morgan fingerprint density at radius 3 is 1.93 bits per heavy atom. The van der Waals surface area contributed by atoms with Crippen molar-refractivity contribution in [1.29, 1.82) is 0 Å². The van der Waals surface area contributed by atoms with E-state index in [1.54, 1.807) is 18.2 Å². The predicted octanol–water partition coefficient (Wildman–Crippen LogP) is 6.85. The molecule has 0 saturated carbocycles. The average Bonchev–Trinajstić information content (AvgIpc) is 3.19. The third-order valence-electron chi connectivity index (χ3n) is 5.28. The highest BCUT2D eigenvalue weighted by Gasteiger charge is 2.37. The van der Waals surface area contributed by atoms with Gasteiger partial charge in [0.15, 0.2) is 0 Å². The highest BCUT2D eigenvalue weighted by Crippen LogP contribution is 2.39. The Morgan fingerprint density at radius 1 is 0.767 bits per heavy atom. The van der Waals surface area contributed by atoms with Crippen LogP contribution >= 0.6 is 0 Å². The van der Waals surface area contributed by atoms with Gasteiger partial charge in [0.2, 0.25) is 0 Å². The minimum atomic E-state index is -4.88. The monoisotopic (exact) mass is 424 g/mol. The molecule has 0 aliphatic carbocycles. The molecule has 0 spiro atoms. The number of fused-ring (bicyclic) bond motifs is 1. The van der Waals surface area contributed by atoms with Crippen LogP contribution in [0.2, 0.25) is 0 Å². The molecule has 0 N–H and O–H groups in total. The number of hydrogen-bond donors (Lipinski definition) is 0. The lowest BCUT2D eigenvalue weighted by Crippen LogP contribution is -2.18. The van der Waals surface area contributed by atoms with E-state index < -0.39 is 23.5 Å². The van der Waals surface area contributed by atoms with Crippen LogP contribution in [-0.4, -0.2) is 18.1 Å². The number of nitrogens with zero attached hydrogens (tertiary/aromatic N) is 2. The van der Waals surface area contributed by atoms with Crippen molar-refractivity contribution in [3.63, 3.8) is 0 Å². The Balaban J connectivity index is 1.87. The number of alkyl halides is 6. The van der Waals surface area contributed by atoms with Crippen LogP contribution in [-0.2, 0) is 12.4 Å². The standard InChI is InChI=1S/C22H18F6N2/c1-13-8-20(30-6-2-3-7-30)18-5-4-14(11-19(18)29-13)15-9-16(21(23,24)25)12-17(10-15)22(26,27)28/h4-5,8-12H,2-3,6-7H2,1H3. The van der Waals surface area contributed by atoms with Crippen molar-refractivity contribution in [2.24, 2.45) is 0 Å². The van der Waals surface area contributed by atoms with Crippen LogP contribution in [0.1, 0.15) is 29.7 Å². The summed E-state index contributed by atoms with van der Waals surface area (Å²) in [5.41, 5.74) is -0.289. The molecule has 158 valence electrons. The SMILES string of the molecule is Cc1cc(N2CCCC2)c2ccc(-c3cc(C(F)(F)F)cc(C(F)(F)F)c3)cc2n1. The maximum Gasteiger partial charge on any atom is 0.416 e. The molecule has 0 radical (unpaired) electrons. The number of hydrogen-bond acceptors (Lipinski definition) is 2. The molecule has 2 heterocycles. The molecule has 0 bridgehead atoms. The number of pyridine rings is 1. The molecule has 0 amide bonds. The Bertz CT molecular complexity index is 1060. The lowest BCUT2D eigenvalue weighted by atomic mass is 9.97. The van der Waals surface area contributed by atoms with Crippen LogP contribution in [0, 0.1) is 6.92 Å². The van der Waals surface area contributed by atoms with E-state index in [-0.39, 0.29) is 17.2 Å². The summed E-state index contributed by atoms with van der Waals surface area (Å²) >= 11 is 0. The quantitative estimate of drug-likeness (QED) is 0.419. The van der Waals surface area contributed by atoms with Gasteiger partial charge >= 0.3 is 12.4 Å². The highest BCUT2D eigenvalue weighted by atomic mass is 19.4. The summed E-state index contributed by atoms with van der Waals surface area (Å²) in [4.78, 5) is 6.69. The molecular weight excluding hydrogens is 406 g/mol. The van der Waals surface area contributed by atoms with E-state index in [9.17, 15) is 26.3 Å². The molecule has 30 heavy (non-hydrogen) atoms. The van der Waals surface area contributed by atoms with Crippen molar-refractivity contribution < 1.29 is 26.3 Å². The van der Waals surface area contributed by atoms with Gasteiger partial charge in [-0.05, 0) is 61.2 Å². The van der Waals surface area contributed by atoms with Gasteiger partial charge in [-0.25, -0.2) is 0 Å². The van der Waals surface area contributed by atoms with Gasteiger partial charge in [0.25, 0.3) is 0 Å². The van der Waals surface area contributed by atoms with Crippen molar-refractivity contribution >= 4 is 16.6 Å². The molecule has 1 fully saturated rings. The van der Waals surface area contributed by atoms with Gasteiger partial charge in [-0.15, -0.1) is 0 Å². The highest BCUT2D eigenvalue weighted by molar-refractivity contribution is 5.94. The number of halogens is 6. The van der Waals surface area contributed by atoms with Crippen LogP contribution in [0.4, 0.5) is 32.0 Å². The topological polar surface area (TPSA) is 16.1 Å². The van der Waals surface area contributed by atoms with Crippen molar-refractivity contribution in [3.05, 3.63) is 59.3 Å². The van der Waals surface area contributed by atoms with Crippen molar-refractivity contribution in [1.82, 2.24) is 4.98 Å². The van der Waals surface area contributed by atoms with Gasteiger partial charge in [0.1, 0.15) is 0 Å². The van der Waals surface area contributed by atoms with Gasteiger partial charge in [0, 0.05) is 29.9 Å². The molecule has 1 aromatic heterocycles. The van der Waals surface area contributed by atoms with E-state index in [0.29, 0.717) is 5.52 Å². The zero-order valence-corrected chi connectivity index (χ0v) is 16.0. The lowest BCUT2D eigenvalue weighted by Gasteiger charge is -2.21. The summed E-state index contributed by atoms with van der Waals surface area (Å²) < 4.78 is 79.2. The third kappa shape index (κ3) is 3.95. The lowest BCUT2D eigenvalue weighted by molar-refractivity contribution is -0.143. The van der Waals surface area contributed by atoms with Crippen LogP contribution < -0.4 is 4.90 Å². The van der Waals surface area contributed by atoms with E-state index >= 15 is 0 Å². The summed E-state index contributed by atoms with van der Waals surface area (Å²) in [5, 5.41) is 0.828. The van der Waals surface area contributed by atoms with Crippen molar-refractivity contribution in [2.75, 3.05) is 18.0 Å². The maximum atomic E-state index is 13.2. The number of anilines is 1. The van der Waals surface area contributed by atoms with E-state index in [2.05, 4.69) is 9.88 Å². The average molecular weight is 424 g/mol. The van der Waals surface area contributed by atoms with E-state index in [1.165, 1.54) is 0 Å². The van der Waals surface area contributed by atoms with E-state index in [0.717, 1.165) is 54.8 Å². The largest absolute Gasteiger partial charge is 0.416 e. The first-order valence-electron chi connectivity index (χ1n) is 9.48. The first kappa shape index (κ1) is 20.5. The van der Waals surface area contributed by atoms with E-state index in [1.807, 2.05) is 13.0 Å². The second-order valence-electron chi connectivity index (χ2n) is 7.50. The van der Waals surface area contributed by atoms with Gasteiger partial charge in [-0.1, -0.05) is 12.1 Å². The molecular formula is C22H18F6N2. The molecule has 0 atom stereocenters. The summed E-state index contributed by atoms with van der Waals surface area (Å²) in [6, 6.07) is 8.41. The summed E-state index contributed by atoms with van der Waals surface area (Å²) in [7, 11) is 0. The number of aromatic nitrogens is 1. The maximum absolute atomic E-state index is 13.2. The minimum absolute atomic E-state index is 0.137. The van der Waals surface area contributed by atoms with Crippen LogP contribution in [0.25, 0.3) is 22.0 Å². The number of aryl methyl sites for hydroxylation is 1. The smallest absolute Gasteiger partial charge is 0.371 e. The first-order chi connectivity index (χ1) is 14.0. The predicted molar refractivity (Wildman–Crippen MR) is 103 cm³/mol. The molecule has 1 aliphatic heterocycles. The zero-order chi connectivity index (χ0) is 21.7. The van der Waals surface area contributed by atoms with Crippen LogP contribution in [0.15, 0.2) is 42.5 Å². The minimum Gasteiger partial charge on any atom is -0.371 e. The van der Waals surface area contributed by atoms with Gasteiger partial charge in [-0.3, -0.25) is 4.98 Å². The molecule has 1 aliphatic rings. The van der Waals surface area contributed by atoms with Gasteiger partial charge in [-0.2, -0.15) is 26.3 Å². The second-order valence-corrected chi connectivity index (χ2v) is 7.50. The number of rotatable bonds is 2. The Hall–Kier alpha value is -2.77. The zero-order valence-electron chi connectivity index (χ0n) is 16.0. The summed E-state index contributed by atoms with van der Waals surface area (Å²) in [6.45, 7) is 3.63. The molecule has 8 heteroatoms. The molecule has 0 unspecified atom stereocenters.